The molecule has 3 rings (SSSR count). The van der Waals surface area contributed by atoms with E-state index in [1.54, 1.807) is 12.1 Å². The van der Waals surface area contributed by atoms with Crippen molar-refractivity contribution in [3.05, 3.63) is 71.7 Å². The summed E-state index contributed by atoms with van der Waals surface area (Å²) in [6.45, 7) is 1.89. The van der Waals surface area contributed by atoms with E-state index in [0.717, 1.165) is 45.1 Å². The Morgan fingerprint density at radius 2 is 1.76 bits per heavy atom. The van der Waals surface area contributed by atoms with Gasteiger partial charge in [0.1, 0.15) is 5.82 Å². The van der Waals surface area contributed by atoms with E-state index in [0.29, 0.717) is 0 Å². The zero-order chi connectivity index (χ0) is 17.8. The van der Waals surface area contributed by atoms with Gasteiger partial charge in [0.2, 0.25) is 0 Å². The predicted octanol–water partition coefficient (Wildman–Crippen LogP) is 4.67. The summed E-state index contributed by atoms with van der Waals surface area (Å²) < 4.78 is 20.1. The molecule has 0 saturated heterocycles. The average molecular weight is 359 g/mol. The molecule has 0 unspecified atom stereocenters. The van der Waals surface area contributed by atoms with E-state index in [1.807, 2.05) is 41.8 Å². The molecule has 0 aliphatic carbocycles. The Labute approximate surface area is 150 Å². The molecule has 1 N–H and O–H groups in total. The van der Waals surface area contributed by atoms with Crippen LogP contribution < -0.4 is 0 Å². The molecule has 4 nitrogen and oxygen atoms in total. The molecule has 0 aliphatic rings. The third-order valence-electron chi connectivity index (χ3n) is 3.96. The molecular formula is C19H18FNO3S. The molecule has 0 amide bonds. The third-order valence-corrected chi connectivity index (χ3v) is 4.62. The van der Waals surface area contributed by atoms with E-state index >= 15 is 0 Å². The lowest BCUT2D eigenvalue weighted by Gasteiger charge is -2.13. The van der Waals surface area contributed by atoms with Gasteiger partial charge in [0.25, 0.3) is 0 Å². The largest absolute Gasteiger partial charge is 0.392 e. The zero-order valence-electron chi connectivity index (χ0n) is 13.9. The fraction of sp³-hybridized carbons (Fsp3) is 0.158. The smallest absolute Gasteiger partial charge is 0.123 e. The van der Waals surface area contributed by atoms with Crippen LogP contribution in [0.5, 0.6) is 0 Å². The van der Waals surface area contributed by atoms with E-state index in [4.69, 9.17) is 4.33 Å². The highest BCUT2D eigenvalue weighted by Crippen LogP contribution is 2.31. The van der Waals surface area contributed by atoms with Crippen molar-refractivity contribution in [3.63, 3.8) is 0 Å². The molecule has 0 aliphatic heterocycles. The molecule has 2 aromatic carbocycles. The molecule has 25 heavy (non-hydrogen) atoms. The summed E-state index contributed by atoms with van der Waals surface area (Å²) >= 11 is 1.13. The van der Waals surface area contributed by atoms with Crippen molar-refractivity contribution in [1.29, 1.82) is 0 Å². The van der Waals surface area contributed by atoms with E-state index in [1.165, 1.54) is 19.2 Å². The topological polar surface area (TPSA) is 43.6 Å². The van der Waals surface area contributed by atoms with Crippen molar-refractivity contribution in [2.75, 3.05) is 7.11 Å². The van der Waals surface area contributed by atoms with Crippen LogP contribution in [0.2, 0.25) is 0 Å². The number of benzene rings is 2. The first-order valence-corrected chi connectivity index (χ1v) is 8.44. The SMILES string of the molecule is COOSc1ccc(-c2cc(CO)c(C)n2-c2ccc(F)cc2)cc1. The van der Waals surface area contributed by atoms with Crippen molar-refractivity contribution in [2.45, 2.75) is 18.4 Å². The molecule has 1 aromatic heterocycles. The van der Waals surface area contributed by atoms with Gasteiger partial charge in [0, 0.05) is 16.3 Å². The molecule has 0 spiro atoms. The molecule has 0 fully saturated rings. The van der Waals surface area contributed by atoms with Crippen LogP contribution in [0.15, 0.2) is 59.5 Å². The van der Waals surface area contributed by atoms with Crippen molar-refractivity contribution < 1.29 is 18.7 Å². The molecule has 1 heterocycles. The van der Waals surface area contributed by atoms with Crippen LogP contribution in [0, 0.1) is 12.7 Å². The number of hydrogen-bond donors (Lipinski definition) is 1. The lowest BCUT2D eigenvalue weighted by atomic mass is 10.1. The summed E-state index contributed by atoms with van der Waals surface area (Å²) in [5, 5.41) is 9.63. The molecule has 6 heteroatoms. The van der Waals surface area contributed by atoms with Gasteiger partial charge in [-0.1, -0.05) is 12.1 Å². The second-order valence-corrected chi connectivity index (χ2v) is 6.23. The van der Waals surface area contributed by atoms with Gasteiger partial charge in [-0.15, -0.1) is 0 Å². The van der Waals surface area contributed by atoms with Gasteiger partial charge in [-0.05, 0) is 60.5 Å². The van der Waals surface area contributed by atoms with Gasteiger partial charge in [0.15, 0.2) is 0 Å². The first-order chi connectivity index (χ1) is 12.1. The van der Waals surface area contributed by atoms with Crippen molar-refractivity contribution in [1.82, 2.24) is 4.57 Å². The maximum atomic E-state index is 13.3. The van der Waals surface area contributed by atoms with Gasteiger partial charge in [-0.3, -0.25) is 0 Å². The Balaban J connectivity index is 2.05. The summed E-state index contributed by atoms with van der Waals surface area (Å²) in [5.74, 6) is -0.281. The molecule has 0 bridgehead atoms. The summed E-state index contributed by atoms with van der Waals surface area (Å²) in [7, 11) is 1.45. The van der Waals surface area contributed by atoms with Crippen LogP contribution in [-0.2, 0) is 15.8 Å². The minimum atomic E-state index is -0.281. The number of rotatable bonds is 6. The molecule has 0 radical (unpaired) electrons. The third kappa shape index (κ3) is 3.77. The van der Waals surface area contributed by atoms with Crippen molar-refractivity contribution in [3.8, 4) is 16.9 Å². The fourth-order valence-electron chi connectivity index (χ4n) is 2.71. The standard InChI is InChI=1S/C19H18FNO3S/c1-13-15(12-22)11-19(21(13)17-7-5-16(20)6-8-17)14-3-9-18(10-4-14)25-24-23-2/h3-11,22H,12H2,1-2H3. The van der Waals surface area contributed by atoms with Gasteiger partial charge in [0.05, 0.1) is 31.5 Å². The van der Waals surface area contributed by atoms with Crippen LogP contribution in [0.25, 0.3) is 16.9 Å². The molecule has 130 valence electrons. The average Bonchev–Trinajstić information content (AvgIpc) is 2.97. The van der Waals surface area contributed by atoms with Crippen molar-refractivity contribution >= 4 is 12.0 Å². The second-order valence-electron chi connectivity index (χ2n) is 5.45. The lowest BCUT2D eigenvalue weighted by Crippen LogP contribution is -2.00. The van der Waals surface area contributed by atoms with Gasteiger partial charge in [-0.25, -0.2) is 9.28 Å². The van der Waals surface area contributed by atoms with Crippen LogP contribution >= 0.6 is 12.0 Å². The van der Waals surface area contributed by atoms with Gasteiger partial charge >= 0.3 is 0 Å². The summed E-state index contributed by atoms with van der Waals surface area (Å²) in [6, 6.07) is 16.1. The van der Waals surface area contributed by atoms with E-state index in [9.17, 15) is 9.50 Å². The van der Waals surface area contributed by atoms with E-state index < -0.39 is 0 Å². The number of halogens is 1. The maximum Gasteiger partial charge on any atom is 0.123 e. The number of hydrogen-bond acceptors (Lipinski definition) is 4. The summed E-state index contributed by atoms with van der Waals surface area (Å²) in [5.41, 5.74) is 4.51. The van der Waals surface area contributed by atoms with Crippen LogP contribution in [0.3, 0.4) is 0 Å². The molecule has 3 aromatic rings. The van der Waals surface area contributed by atoms with Gasteiger partial charge < -0.3 is 9.67 Å². The number of nitrogens with zero attached hydrogens (tertiary/aromatic N) is 1. The highest BCUT2D eigenvalue weighted by Gasteiger charge is 2.14. The van der Waals surface area contributed by atoms with Crippen molar-refractivity contribution in [2.24, 2.45) is 0 Å². The first kappa shape index (κ1) is 17.7. The Morgan fingerprint density at radius 3 is 2.36 bits per heavy atom. The summed E-state index contributed by atoms with van der Waals surface area (Å²) in [4.78, 5) is 5.49. The predicted molar refractivity (Wildman–Crippen MR) is 95.8 cm³/mol. The minimum Gasteiger partial charge on any atom is -0.392 e. The van der Waals surface area contributed by atoms with E-state index in [2.05, 4.69) is 4.89 Å². The number of aliphatic hydroxyl groups excluding tert-OH is 1. The number of aromatic nitrogens is 1. The lowest BCUT2D eigenvalue weighted by molar-refractivity contribution is -0.160. The Bertz CT molecular complexity index is 844. The van der Waals surface area contributed by atoms with E-state index in [-0.39, 0.29) is 12.4 Å². The molecule has 0 saturated carbocycles. The highest BCUT2D eigenvalue weighted by atomic mass is 32.2. The monoisotopic (exact) mass is 359 g/mol. The Kier molecular flexibility index (Phi) is 5.55. The van der Waals surface area contributed by atoms with Crippen LogP contribution in [0.4, 0.5) is 4.39 Å². The number of aliphatic hydroxyl groups is 1. The Morgan fingerprint density at radius 1 is 1.08 bits per heavy atom. The highest BCUT2D eigenvalue weighted by molar-refractivity contribution is 7.94. The summed E-state index contributed by atoms with van der Waals surface area (Å²) in [6.07, 6.45) is 0. The second kappa shape index (κ2) is 7.84. The Hall–Kier alpha value is -2.12. The van der Waals surface area contributed by atoms with Crippen LogP contribution in [-0.4, -0.2) is 16.8 Å². The van der Waals surface area contributed by atoms with Crippen LogP contribution in [0.1, 0.15) is 11.3 Å². The quantitative estimate of drug-likeness (QED) is 0.395. The van der Waals surface area contributed by atoms with Gasteiger partial charge in [-0.2, -0.15) is 4.33 Å². The maximum absolute atomic E-state index is 13.3. The molecular weight excluding hydrogens is 341 g/mol. The molecule has 0 atom stereocenters. The first-order valence-electron chi connectivity index (χ1n) is 7.70. The normalized spacial score (nSPS) is 11.0. The minimum absolute atomic E-state index is 0.0529. The fourth-order valence-corrected chi connectivity index (χ4v) is 3.10. The zero-order valence-corrected chi connectivity index (χ0v) is 14.7.